The fourth-order valence-electron chi connectivity index (χ4n) is 2.15. The third kappa shape index (κ3) is 4.63. The van der Waals surface area contributed by atoms with E-state index in [4.69, 9.17) is 14.2 Å². The molecule has 2 amide bonds. The van der Waals surface area contributed by atoms with Crippen molar-refractivity contribution in [3.8, 4) is 11.5 Å². The van der Waals surface area contributed by atoms with Crippen molar-refractivity contribution in [2.45, 2.75) is 6.92 Å². The topological polar surface area (TPSA) is 85.9 Å². The van der Waals surface area contributed by atoms with E-state index in [-0.39, 0.29) is 12.5 Å². The number of rotatable bonds is 6. The Morgan fingerprint density at radius 1 is 0.920 bits per heavy atom. The molecule has 0 heterocycles. The van der Waals surface area contributed by atoms with Crippen LogP contribution >= 0.6 is 0 Å². The van der Waals surface area contributed by atoms with Crippen molar-refractivity contribution in [1.82, 2.24) is 0 Å². The Labute approximate surface area is 145 Å². The molecule has 0 aliphatic heterocycles. The van der Waals surface area contributed by atoms with Crippen molar-refractivity contribution in [2.24, 2.45) is 0 Å². The maximum Gasteiger partial charge on any atom is 0.411 e. The largest absolute Gasteiger partial charge is 0.494 e. The number of ether oxygens (including phenoxy) is 3. The summed E-state index contributed by atoms with van der Waals surface area (Å²) in [6.45, 7) is 1.95. The lowest BCUT2D eigenvalue weighted by atomic mass is 10.2. The molecule has 2 N–H and O–H groups in total. The Morgan fingerprint density at radius 2 is 1.48 bits per heavy atom. The Kier molecular flexibility index (Phi) is 6.22. The Balaban J connectivity index is 2.29. The van der Waals surface area contributed by atoms with Crippen LogP contribution in [-0.2, 0) is 4.74 Å². The number of carbonyl (C=O) groups excluding carboxylic acids is 2. The smallest absolute Gasteiger partial charge is 0.411 e. The minimum absolute atomic E-state index is 0.247. The minimum Gasteiger partial charge on any atom is -0.494 e. The van der Waals surface area contributed by atoms with Crippen LogP contribution in [-0.4, -0.2) is 32.8 Å². The normalized spacial score (nSPS) is 9.88. The van der Waals surface area contributed by atoms with E-state index in [1.54, 1.807) is 43.3 Å². The number of amides is 2. The van der Waals surface area contributed by atoms with Crippen molar-refractivity contribution in [3.63, 3.8) is 0 Å². The molecule has 0 fully saturated rings. The maximum atomic E-state index is 12.3. The summed E-state index contributed by atoms with van der Waals surface area (Å²) in [5.41, 5.74) is 1.30. The van der Waals surface area contributed by atoms with Crippen LogP contribution in [0.2, 0.25) is 0 Å². The number of anilines is 2. The van der Waals surface area contributed by atoms with Gasteiger partial charge in [0.1, 0.15) is 11.5 Å². The summed E-state index contributed by atoms with van der Waals surface area (Å²) < 4.78 is 15.4. The zero-order chi connectivity index (χ0) is 18.2. The van der Waals surface area contributed by atoms with Gasteiger partial charge in [-0.05, 0) is 19.1 Å². The summed E-state index contributed by atoms with van der Waals surface area (Å²) in [7, 11) is 2.93. The fourth-order valence-corrected chi connectivity index (χ4v) is 2.15. The fraction of sp³-hybridized carbons (Fsp3) is 0.222. The van der Waals surface area contributed by atoms with Crippen molar-refractivity contribution >= 4 is 23.4 Å². The molecule has 0 atom stereocenters. The van der Waals surface area contributed by atoms with Gasteiger partial charge in [0.05, 0.1) is 32.2 Å². The number of benzene rings is 2. The second-order valence-electron chi connectivity index (χ2n) is 4.92. The SMILES string of the molecule is CCOC(=O)Nc1cc(OC)c(NC(=O)c2ccccc2)cc1OC. The van der Waals surface area contributed by atoms with Gasteiger partial charge in [0.2, 0.25) is 0 Å². The molecule has 7 nitrogen and oxygen atoms in total. The van der Waals surface area contributed by atoms with E-state index in [1.807, 2.05) is 6.07 Å². The number of methoxy groups -OCH3 is 2. The number of hydrogen-bond donors (Lipinski definition) is 2. The van der Waals surface area contributed by atoms with Crippen LogP contribution in [0.5, 0.6) is 11.5 Å². The van der Waals surface area contributed by atoms with Gasteiger partial charge >= 0.3 is 6.09 Å². The van der Waals surface area contributed by atoms with E-state index in [2.05, 4.69) is 10.6 Å². The van der Waals surface area contributed by atoms with Gasteiger partial charge in [-0.2, -0.15) is 0 Å². The predicted molar refractivity (Wildman–Crippen MR) is 94.6 cm³/mol. The lowest BCUT2D eigenvalue weighted by Gasteiger charge is -2.16. The van der Waals surface area contributed by atoms with Crippen LogP contribution < -0.4 is 20.1 Å². The molecular weight excluding hydrogens is 324 g/mol. The summed E-state index contributed by atoms with van der Waals surface area (Å²) >= 11 is 0. The summed E-state index contributed by atoms with van der Waals surface area (Å²) in [6, 6.07) is 11.9. The van der Waals surface area contributed by atoms with Gasteiger partial charge in [0.15, 0.2) is 0 Å². The number of carbonyl (C=O) groups is 2. The Hall–Kier alpha value is -3.22. The summed E-state index contributed by atoms with van der Waals surface area (Å²) in [4.78, 5) is 24.0. The van der Waals surface area contributed by atoms with Crippen LogP contribution in [0.1, 0.15) is 17.3 Å². The second kappa shape index (κ2) is 8.58. The van der Waals surface area contributed by atoms with Crippen LogP contribution in [0, 0.1) is 0 Å². The highest BCUT2D eigenvalue weighted by atomic mass is 16.5. The molecule has 2 aromatic rings. The second-order valence-corrected chi connectivity index (χ2v) is 4.92. The van der Waals surface area contributed by atoms with Crippen molar-refractivity contribution in [3.05, 3.63) is 48.0 Å². The summed E-state index contributed by atoms with van der Waals surface area (Å²) in [5, 5.41) is 5.34. The van der Waals surface area contributed by atoms with E-state index in [9.17, 15) is 9.59 Å². The molecule has 2 rings (SSSR count). The highest BCUT2D eigenvalue weighted by Crippen LogP contribution is 2.36. The molecule has 0 bridgehead atoms. The number of nitrogens with one attached hydrogen (secondary N) is 2. The molecule has 0 saturated heterocycles. The van der Waals surface area contributed by atoms with Crippen LogP contribution in [0.15, 0.2) is 42.5 Å². The third-order valence-electron chi connectivity index (χ3n) is 3.32. The quantitative estimate of drug-likeness (QED) is 0.837. The molecular formula is C18H20N2O5. The van der Waals surface area contributed by atoms with Crippen LogP contribution in [0.3, 0.4) is 0 Å². The average molecular weight is 344 g/mol. The van der Waals surface area contributed by atoms with E-state index in [1.165, 1.54) is 14.2 Å². The molecule has 0 radical (unpaired) electrons. The van der Waals surface area contributed by atoms with E-state index in [0.29, 0.717) is 28.4 Å². The first-order valence-electron chi connectivity index (χ1n) is 7.65. The summed E-state index contributed by atoms with van der Waals surface area (Å²) in [6.07, 6.45) is -0.607. The minimum atomic E-state index is -0.607. The molecule has 0 unspecified atom stereocenters. The van der Waals surface area contributed by atoms with Crippen molar-refractivity contribution in [1.29, 1.82) is 0 Å². The van der Waals surface area contributed by atoms with Gasteiger partial charge in [-0.25, -0.2) is 4.79 Å². The molecule has 0 aromatic heterocycles. The predicted octanol–water partition coefficient (Wildman–Crippen LogP) is 3.52. The third-order valence-corrected chi connectivity index (χ3v) is 3.32. The van der Waals surface area contributed by atoms with E-state index < -0.39 is 6.09 Å². The molecule has 132 valence electrons. The van der Waals surface area contributed by atoms with Crippen molar-refractivity contribution in [2.75, 3.05) is 31.5 Å². The molecule has 25 heavy (non-hydrogen) atoms. The molecule has 0 spiro atoms. The summed E-state index contributed by atoms with van der Waals surface area (Å²) in [5.74, 6) is 0.446. The maximum absolute atomic E-state index is 12.3. The molecule has 0 aliphatic carbocycles. The standard InChI is InChI=1S/C18H20N2O5/c1-4-25-18(22)20-14-11-15(23-2)13(10-16(14)24-3)19-17(21)12-8-6-5-7-9-12/h5-11H,4H2,1-3H3,(H,19,21)(H,20,22). The van der Waals surface area contributed by atoms with Gasteiger partial charge in [0.25, 0.3) is 5.91 Å². The lowest BCUT2D eigenvalue weighted by molar-refractivity contribution is 0.102. The van der Waals surface area contributed by atoms with Gasteiger partial charge in [-0.1, -0.05) is 18.2 Å². The van der Waals surface area contributed by atoms with Gasteiger partial charge in [-0.15, -0.1) is 0 Å². The first-order chi connectivity index (χ1) is 12.1. The highest BCUT2D eigenvalue weighted by Gasteiger charge is 2.16. The first-order valence-corrected chi connectivity index (χ1v) is 7.65. The van der Waals surface area contributed by atoms with Crippen LogP contribution in [0.4, 0.5) is 16.2 Å². The Morgan fingerprint density at radius 3 is 2.00 bits per heavy atom. The molecule has 0 saturated carbocycles. The van der Waals surface area contributed by atoms with Gasteiger partial charge in [0, 0.05) is 17.7 Å². The zero-order valence-electron chi connectivity index (χ0n) is 14.3. The first kappa shape index (κ1) is 18.1. The average Bonchev–Trinajstić information content (AvgIpc) is 2.63. The molecule has 2 aromatic carbocycles. The highest BCUT2D eigenvalue weighted by molar-refractivity contribution is 6.05. The Bertz CT molecular complexity index is 747. The number of hydrogen-bond acceptors (Lipinski definition) is 5. The van der Waals surface area contributed by atoms with Crippen molar-refractivity contribution < 1.29 is 23.8 Å². The zero-order valence-corrected chi connectivity index (χ0v) is 14.3. The molecule has 7 heteroatoms. The van der Waals surface area contributed by atoms with Gasteiger partial charge in [-0.3, -0.25) is 10.1 Å². The lowest BCUT2D eigenvalue weighted by Crippen LogP contribution is -2.15. The monoisotopic (exact) mass is 344 g/mol. The molecule has 0 aliphatic rings. The van der Waals surface area contributed by atoms with E-state index in [0.717, 1.165) is 0 Å². The van der Waals surface area contributed by atoms with E-state index >= 15 is 0 Å². The van der Waals surface area contributed by atoms with Gasteiger partial charge < -0.3 is 19.5 Å². The van der Waals surface area contributed by atoms with Crippen LogP contribution in [0.25, 0.3) is 0 Å².